The second kappa shape index (κ2) is 11.5. The molecule has 0 N–H and O–H groups in total. The standard InChI is InChI=1S/C48H31NO/c1-3-10-32(11-4-1)33-20-26-38(27-21-33)49(43-15-9-17-45-48(43)42-14-7-8-16-44(42)50-45)39-28-22-35(23-29-39)41-31-25-37-19-18-36-24-30-40(47(41)46(36)37)34-12-5-2-6-13-34/h1-31H. The summed E-state index contributed by atoms with van der Waals surface area (Å²) in [5, 5.41) is 4.83. The molecule has 1 heterocycles. The molecule has 0 spiro atoms. The Bertz CT molecular complexity index is 2710. The fraction of sp³-hybridized carbons (Fsp3) is 0. The summed E-state index contributed by atoms with van der Waals surface area (Å²) in [7, 11) is 0. The molecular weight excluding hydrogens is 607 g/mol. The lowest BCUT2D eigenvalue weighted by atomic mass is 9.89. The van der Waals surface area contributed by atoms with E-state index < -0.39 is 0 Å². The van der Waals surface area contributed by atoms with Crippen LogP contribution in [0.5, 0.6) is 0 Å². The van der Waals surface area contributed by atoms with Gasteiger partial charge < -0.3 is 9.32 Å². The van der Waals surface area contributed by atoms with Crippen molar-refractivity contribution in [3.05, 3.63) is 187 Å². The first-order chi connectivity index (χ1) is 24.8. The molecule has 0 atom stereocenters. The van der Waals surface area contributed by atoms with Crippen LogP contribution in [-0.2, 0) is 0 Å². The van der Waals surface area contributed by atoms with Crippen LogP contribution in [0.4, 0.5) is 17.1 Å². The van der Waals surface area contributed by atoms with Gasteiger partial charge in [-0.3, -0.25) is 0 Å². The van der Waals surface area contributed by atoms with E-state index in [4.69, 9.17) is 4.42 Å². The van der Waals surface area contributed by atoms with Gasteiger partial charge in [-0.15, -0.1) is 0 Å². The van der Waals surface area contributed by atoms with Gasteiger partial charge in [0.25, 0.3) is 0 Å². The highest BCUT2D eigenvalue weighted by atomic mass is 16.3. The second-order valence-corrected chi connectivity index (χ2v) is 12.9. The topological polar surface area (TPSA) is 16.4 Å². The van der Waals surface area contributed by atoms with Crippen molar-refractivity contribution in [2.45, 2.75) is 0 Å². The molecule has 0 unspecified atom stereocenters. The zero-order valence-electron chi connectivity index (χ0n) is 27.3. The Balaban J connectivity index is 1.14. The summed E-state index contributed by atoms with van der Waals surface area (Å²) in [5.74, 6) is 0. The molecule has 0 bridgehead atoms. The van der Waals surface area contributed by atoms with Crippen LogP contribution in [0.3, 0.4) is 0 Å². The SMILES string of the molecule is C1=Cc2ccc(-c3ccc(N(c4ccc(-c5ccccc5)cc4)c4cccc5oc6ccccc6c45)cc3)c3c(-c4ccccc4)ccc1c23. The summed E-state index contributed by atoms with van der Waals surface area (Å²) >= 11 is 0. The molecule has 0 amide bonds. The summed E-state index contributed by atoms with van der Waals surface area (Å²) in [6.07, 6.45) is 4.47. The maximum Gasteiger partial charge on any atom is 0.137 e. The highest BCUT2D eigenvalue weighted by Gasteiger charge is 2.21. The number of nitrogens with zero attached hydrogens (tertiary/aromatic N) is 1. The zero-order valence-corrected chi connectivity index (χ0v) is 27.3. The van der Waals surface area contributed by atoms with Gasteiger partial charge in [-0.05, 0) is 97.7 Å². The zero-order chi connectivity index (χ0) is 33.0. The van der Waals surface area contributed by atoms with E-state index in [-0.39, 0.29) is 0 Å². The average molecular weight is 638 g/mol. The van der Waals surface area contributed by atoms with Crippen molar-refractivity contribution < 1.29 is 4.42 Å². The number of hydrogen-bond donors (Lipinski definition) is 0. The molecular formula is C48H31NO. The van der Waals surface area contributed by atoms with Gasteiger partial charge in [-0.2, -0.15) is 0 Å². The van der Waals surface area contributed by atoms with Gasteiger partial charge in [-0.25, -0.2) is 0 Å². The third-order valence-electron chi connectivity index (χ3n) is 10.0. The van der Waals surface area contributed by atoms with E-state index in [0.29, 0.717) is 0 Å². The predicted molar refractivity (Wildman–Crippen MR) is 211 cm³/mol. The van der Waals surface area contributed by atoms with Gasteiger partial charge >= 0.3 is 0 Å². The molecule has 0 saturated heterocycles. The Hall–Kier alpha value is -6.64. The Morgan fingerprint density at radius 2 is 0.860 bits per heavy atom. The van der Waals surface area contributed by atoms with Crippen molar-refractivity contribution in [2.75, 3.05) is 4.90 Å². The summed E-state index contributed by atoms with van der Waals surface area (Å²) in [6, 6.07) is 63.0. The van der Waals surface area contributed by atoms with Gasteiger partial charge in [0.05, 0.1) is 11.1 Å². The molecule has 2 nitrogen and oxygen atoms in total. The third kappa shape index (κ3) is 4.57. The van der Waals surface area contributed by atoms with Crippen LogP contribution in [0.15, 0.2) is 180 Å². The number of anilines is 3. The normalized spacial score (nSPS) is 11.9. The number of hydrogen-bond acceptors (Lipinski definition) is 2. The number of benzene rings is 8. The van der Waals surface area contributed by atoms with Crippen molar-refractivity contribution in [1.82, 2.24) is 0 Å². The average Bonchev–Trinajstić information content (AvgIpc) is 3.79. The van der Waals surface area contributed by atoms with Crippen LogP contribution in [-0.4, -0.2) is 0 Å². The molecule has 1 aliphatic carbocycles. The lowest BCUT2D eigenvalue weighted by Crippen LogP contribution is -2.10. The minimum absolute atomic E-state index is 0.876. The van der Waals surface area contributed by atoms with Crippen LogP contribution in [0.25, 0.3) is 78.2 Å². The van der Waals surface area contributed by atoms with E-state index in [9.17, 15) is 0 Å². The summed E-state index contributed by atoms with van der Waals surface area (Å²) < 4.78 is 6.35. The molecule has 1 aliphatic rings. The molecule has 0 radical (unpaired) electrons. The number of furan rings is 1. The largest absolute Gasteiger partial charge is 0.456 e. The van der Waals surface area contributed by atoms with Crippen LogP contribution in [0.1, 0.15) is 11.1 Å². The predicted octanol–water partition coefficient (Wildman–Crippen LogP) is 13.7. The van der Waals surface area contributed by atoms with E-state index in [2.05, 4.69) is 181 Å². The van der Waals surface area contributed by atoms with Gasteiger partial charge in [0.1, 0.15) is 11.2 Å². The molecule has 0 fully saturated rings. The van der Waals surface area contributed by atoms with Crippen LogP contribution in [0, 0.1) is 0 Å². The molecule has 234 valence electrons. The summed E-state index contributed by atoms with van der Waals surface area (Å²) in [6.45, 7) is 0. The maximum atomic E-state index is 6.35. The first kappa shape index (κ1) is 28.4. The van der Waals surface area contributed by atoms with Gasteiger partial charge in [0.2, 0.25) is 0 Å². The molecule has 50 heavy (non-hydrogen) atoms. The maximum absolute atomic E-state index is 6.35. The third-order valence-corrected chi connectivity index (χ3v) is 10.0. The summed E-state index contributed by atoms with van der Waals surface area (Å²) in [4.78, 5) is 2.36. The quantitative estimate of drug-likeness (QED) is 0.180. The van der Waals surface area contributed by atoms with Gasteiger partial charge in [0.15, 0.2) is 0 Å². The van der Waals surface area contributed by atoms with E-state index in [1.165, 1.54) is 55.3 Å². The van der Waals surface area contributed by atoms with Crippen molar-refractivity contribution in [2.24, 2.45) is 0 Å². The van der Waals surface area contributed by atoms with Crippen molar-refractivity contribution >= 4 is 61.9 Å². The van der Waals surface area contributed by atoms with Crippen LogP contribution in [0.2, 0.25) is 0 Å². The van der Waals surface area contributed by atoms with E-state index in [1.54, 1.807) is 0 Å². The highest BCUT2D eigenvalue weighted by Crippen LogP contribution is 2.46. The minimum Gasteiger partial charge on any atom is -0.456 e. The molecule has 9 aromatic rings. The van der Waals surface area contributed by atoms with E-state index in [0.717, 1.165) is 39.0 Å². The first-order valence-corrected chi connectivity index (χ1v) is 17.1. The van der Waals surface area contributed by atoms with E-state index in [1.807, 2.05) is 12.1 Å². The Morgan fingerprint density at radius 3 is 1.52 bits per heavy atom. The van der Waals surface area contributed by atoms with E-state index >= 15 is 0 Å². The monoisotopic (exact) mass is 637 g/mol. The van der Waals surface area contributed by atoms with Crippen LogP contribution < -0.4 is 4.90 Å². The highest BCUT2D eigenvalue weighted by molar-refractivity contribution is 6.16. The minimum atomic E-state index is 0.876. The van der Waals surface area contributed by atoms with Gasteiger partial charge in [-0.1, -0.05) is 146 Å². The molecule has 0 saturated carbocycles. The Morgan fingerprint density at radius 1 is 0.340 bits per heavy atom. The fourth-order valence-corrected chi connectivity index (χ4v) is 7.70. The Kier molecular flexibility index (Phi) is 6.53. The van der Waals surface area contributed by atoms with Crippen LogP contribution >= 0.6 is 0 Å². The molecule has 2 heteroatoms. The molecule has 10 rings (SSSR count). The smallest absolute Gasteiger partial charge is 0.137 e. The Labute approximate surface area is 290 Å². The van der Waals surface area contributed by atoms with Crippen molar-refractivity contribution in [3.8, 4) is 33.4 Å². The molecule has 1 aromatic heterocycles. The molecule has 8 aromatic carbocycles. The second-order valence-electron chi connectivity index (χ2n) is 12.9. The van der Waals surface area contributed by atoms with Crippen molar-refractivity contribution in [3.63, 3.8) is 0 Å². The number of fused-ring (bicyclic) bond motifs is 3. The first-order valence-electron chi connectivity index (χ1n) is 17.1. The lowest BCUT2D eigenvalue weighted by Gasteiger charge is -2.27. The van der Waals surface area contributed by atoms with Crippen molar-refractivity contribution in [1.29, 1.82) is 0 Å². The van der Waals surface area contributed by atoms with Gasteiger partial charge in [0, 0.05) is 16.8 Å². The number of para-hydroxylation sites is 1. The fourth-order valence-electron chi connectivity index (χ4n) is 7.70. The molecule has 0 aliphatic heterocycles. The summed E-state index contributed by atoms with van der Waals surface area (Å²) in [5.41, 5.74) is 14.9. The lowest BCUT2D eigenvalue weighted by molar-refractivity contribution is 0.669. The number of rotatable bonds is 6.